The van der Waals surface area contributed by atoms with Gasteiger partial charge in [-0.3, -0.25) is 4.79 Å². The fourth-order valence-electron chi connectivity index (χ4n) is 2.21. The van der Waals surface area contributed by atoms with E-state index in [1.165, 1.54) is 25.3 Å². The summed E-state index contributed by atoms with van der Waals surface area (Å²) in [4.78, 5) is 14.4. The Morgan fingerprint density at radius 1 is 1.36 bits per heavy atom. The lowest BCUT2D eigenvalue weighted by Crippen LogP contribution is -2.31. The van der Waals surface area contributed by atoms with Crippen LogP contribution in [0, 0.1) is 5.82 Å². The SMILES string of the molecule is CCCCN(Cc1ccco1)C(=O)c1cc(F)ccc1OC. The molecule has 0 radical (unpaired) electrons. The van der Waals surface area contributed by atoms with Gasteiger partial charge in [0, 0.05) is 6.54 Å². The summed E-state index contributed by atoms with van der Waals surface area (Å²) in [6, 6.07) is 7.55. The highest BCUT2D eigenvalue weighted by Crippen LogP contribution is 2.22. The van der Waals surface area contributed by atoms with E-state index in [-0.39, 0.29) is 11.5 Å². The second kappa shape index (κ2) is 7.64. The van der Waals surface area contributed by atoms with Crippen LogP contribution in [0.25, 0.3) is 0 Å². The molecule has 0 aliphatic heterocycles. The van der Waals surface area contributed by atoms with Crippen LogP contribution in [-0.2, 0) is 6.54 Å². The molecule has 0 atom stereocenters. The largest absolute Gasteiger partial charge is 0.496 e. The lowest BCUT2D eigenvalue weighted by molar-refractivity contribution is 0.0725. The average molecular weight is 305 g/mol. The predicted molar refractivity (Wildman–Crippen MR) is 81.3 cm³/mol. The van der Waals surface area contributed by atoms with Gasteiger partial charge >= 0.3 is 0 Å². The zero-order chi connectivity index (χ0) is 15.9. The molecular weight excluding hydrogens is 285 g/mol. The van der Waals surface area contributed by atoms with Crippen molar-refractivity contribution in [3.05, 3.63) is 53.7 Å². The second-order valence-corrected chi connectivity index (χ2v) is 5.00. The zero-order valence-corrected chi connectivity index (χ0v) is 12.8. The van der Waals surface area contributed by atoms with E-state index in [0.717, 1.165) is 12.8 Å². The van der Waals surface area contributed by atoms with Crippen molar-refractivity contribution in [3.63, 3.8) is 0 Å². The van der Waals surface area contributed by atoms with Crippen molar-refractivity contribution in [2.75, 3.05) is 13.7 Å². The Hall–Kier alpha value is -2.30. The Balaban J connectivity index is 2.26. The maximum Gasteiger partial charge on any atom is 0.258 e. The molecular formula is C17H20FNO3. The fourth-order valence-corrected chi connectivity index (χ4v) is 2.21. The van der Waals surface area contributed by atoms with Crippen LogP contribution in [0.3, 0.4) is 0 Å². The van der Waals surface area contributed by atoms with Gasteiger partial charge in [0.25, 0.3) is 5.91 Å². The van der Waals surface area contributed by atoms with Crippen LogP contribution in [0.2, 0.25) is 0 Å². The number of hydrogen-bond acceptors (Lipinski definition) is 3. The minimum atomic E-state index is -0.461. The summed E-state index contributed by atoms with van der Waals surface area (Å²) < 4.78 is 24.0. The number of furan rings is 1. The lowest BCUT2D eigenvalue weighted by Gasteiger charge is -2.22. The van der Waals surface area contributed by atoms with Crippen molar-refractivity contribution >= 4 is 5.91 Å². The summed E-state index contributed by atoms with van der Waals surface area (Å²) >= 11 is 0. The molecule has 0 aliphatic carbocycles. The molecule has 0 spiro atoms. The number of carbonyl (C=O) groups excluding carboxylic acids is 1. The molecule has 0 saturated carbocycles. The highest BCUT2D eigenvalue weighted by Gasteiger charge is 2.21. The molecule has 22 heavy (non-hydrogen) atoms. The van der Waals surface area contributed by atoms with Gasteiger partial charge in [-0.05, 0) is 36.8 Å². The minimum Gasteiger partial charge on any atom is -0.496 e. The fraction of sp³-hybridized carbons (Fsp3) is 0.353. The minimum absolute atomic E-state index is 0.227. The number of amides is 1. The number of halogens is 1. The summed E-state index contributed by atoms with van der Waals surface area (Å²) in [7, 11) is 1.47. The summed E-state index contributed by atoms with van der Waals surface area (Å²) in [5, 5.41) is 0. The Bertz CT molecular complexity index is 610. The van der Waals surface area contributed by atoms with Crippen LogP contribution in [0.5, 0.6) is 5.75 Å². The van der Waals surface area contributed by atoms with Crippen molar-refractivity contribution in [1.29, 1.82) is 0 Å². The van der Waals surface area contributed by atoms with E-state index in [1.807, 2.05) is 6.07 Å². The summed E-state index contributed by atoms with van der Waals surface area (Å²) in [5.41, 5.74) is 0.227. The quantitative estimate of drug-likeness (QED) is 0.780. The lowest BCUT2D eigenvalue weighted by atomic mass is 10.1. The summed E-state index contributed by atoms with van der Waals surface area (Å²) in [6.07, 6.45) is 3.40. The van der Waals surface area contributed by atoms with Gasteiger partial charge in [0.1, 0.15) is 17.3 Å². The molecule has 0 unspecified atom stereocenters. The van der Waals surface area contributed by atoms with Gasteiger partial charge in [-0.2, -0.15) is 0 Å². The van der Waals surface area contributed by atoms with Crippen molar-refractivity contribution in [1.82, 2.24) is 4.90 Å². The van der Waals surface area contributed by atoms with Crippen molar-refractivity contribution in [3.8, 4) is 5.75 Å². The smallest absolute Gasteiger partial charge is 0.258 e. The Labute approximate surface area is 129 Å². The highest BCUT2D eigenvalue weighted by molar-refractivity contribution is 5.96. The van der Waals surface area contributed by atoms with Crippen LogP contribution in [0.1, 0.15) is 35.9 Å². The molecule has 0 bridgehead atoms. The molecule has 1 heterocycles. The predicted octanol–water partition coefficient (Wildman–Crippen LogP) is 3.87. The second-order valence-electron chi connectivity index (χ2n) is 5.00. The third-order valence-electron chi connectivity index (χ3n) is 3.39. The normalized spacial score (nSPS) is 10.5. The third-order valence-corrected chi connectivity index (χ3v) is 3.39. The number of rotatable bonds is 7. The maximum absolute atomic E-state index is 13.5. The van der Waals surface area contributed by atoms with Crippen LogP contribution < -0.4 is 4.74 Å². The molecule has 0 fully saturated rings. The number of hydrogen-bond donors (Lipinski definition) is 0. The van der Waals surface area contributed by atoms with Crippen LogP contribution in [0.15, 0.2) is 41.0 Å². The Morgan fingerprint density at radius 2 is 2.18 bits per heavy atom. The molecule has 5 heteroatoms. The van der Waals surface area contributed by atoms with Crippen LogP contribution in [-0.4, -0.2) is 24.5 Å². The van der Waals surface area contributed by atoms with E-state index in [9.17, 15) is 9.18 Å². The topological polar surface area (TPSA) is 42.7 Å². The van der Waals surface area contributed by atoms with Crippen molar-refractivity contribution in [2.24, 2.45) is 0 Å². The first-order chi connectivity index (χ1) is 10.7. The number of benzene rings is 1. The standard InChI is InChI=1S/C17H20FNO3/c1-3-4-9-19(12-14-6-5-10-22-14)17(20)15-11-13(18)7-8-16(15)21-2/h5-8,10-11H,3-4,9,12H2,1-2H3. The first-order valence-electron chi connectivity index (χ1n) is 7.31. The van der Waals surface area contributed by atoms with Gasteiger partial charge in [0.15, 0.2) is 0 Å². The van der Waals surface area contributed by atoms with Gasteiger partial charge in [0.05, 0.1) is 25.5 Å². The molecule has 0 N–H and O–H groups in total. The molecule has 2 aromatic rings. The third kappa shape index (κ3) is 3.87. The highest BCUT2D eigenvalue weighted by atomic mass is 19.1. The molecule has 0 saturated heterocycles. The molecule has 4 nitrogen and oxygen atoms in total. The van der Waals surface area contributed by atoms with Gasteiger partial charge < -0.3 is 14.1 Å². The number of ether oxygens (including phenoxy) is 1. The summed E-state index contributed by atoms with van der Waals surface area (Å²) in [6.45, 7) is 2.99. The molecule has 0 aliphatic rings. The van der Waals surface area contributed by atoms with E-state index in [0.29, 0.717) is 24.6 Å². The van der Waals surface area contributed by atoms with Crippen LogP contribution >= 0.6 is 0 Å². The van der Waals surface area contributed by atoms with Gasteiger partial charge in [-0.1, -0.05) is 13.3 Å². The Morgan fingerprint density at radius 3 is 2.82 bits per heavy atom. The van der Waals surface area contributed by atoms with E-state index in [2.05, 4.69) is 6.92 Å². The molecule has 1 aromatic heterocycles. The van der Waals surface area contributed by atoms with Gasteiger partial charge in [-0.25, -0.2) is 4.39 Å². The van der Waals surface area contributed by atoms with E-state index < -0.39 is 5.82 Å². The van der Waals surface area contributed by atoms with E-state index in [4.69, 9.17) is 9.15 Å². The number of carbonyl (C=O) groups is 1. The average Bonchev–Trinajstić information content (AvgIpc) is 3.03. The Kier molecular flexibility index (Phi) is 5.58. The van der Waals surface area contributed by atoms with Crippen molar-refractivity contribution in [2.45, 2.75) is 26.3 Å². The maximum atomic E-state index is 13.5. The monoisotopic (exact) mass is 305 g/mol. The van der Waals surface area contributed by atoms with Gasteiger partial charge in [0.2, 0.25) is 0 Å². The number of nitrogens with zero attached hydrogens (tertiary/aromatic N) is 1. The molecule has 1 aromatic carbocycles. The van der Waals surface area contributed by atoms with E-state index >= 15 is 0 Å². The zero-order valence-electron chi connectivity index (χ0n) is 12.8. The van der Waals surface area contributed by atoms with E-state index in [1.54, 1.807) is 17.2 Å². The first-order valence-corrected chi connectivity index (χ1v) is 7.31. The molecule has 118 valence electrons. The molecule has 1 amide bonds. The number of methoxy groups -OCH3 is 1. The first kappa shape index (κ1) is 16.1. The van der Waals surface area contributed by atoms with Crippen molar-refractivity contribution < 1.29 is 18.3 Å². The van der Waals surface area contributed by atoms with Gasteiger partial charge in [-0.15, -0.1) is 0 Å². The molecule has 2 rings (SSSR count). The van der Waals surface area contributed by atoms with Crippen LogP contribution in [0.4, 0.5) is 4.39 Å². The summed E-state index contributed by atoms with van der Waals surface area (Å²) in [5.74, 6) is 0.339. The number of unbranched alkanes of at least 4 members (excludes halogenated alkanes) is 1.